The van der Waals surface area contributed by atoms with Crippen LogP contribution < -0.4 is 15.1 Å². The van der Waals surface area contributed by atoms with Gasteiger partial charge in [0.25, 0.3) is 14.0 Å². The van der Waals surface area contributed by atoms with Crippen LogP contribution in [-0.4, -0.2) is 74.2 Å². The zero-order valence-electron chi connectivity index (χ0n) is 26.6. The van der Waals surface area contributed by atoms with Gasteiger partial charge in [-0.2, -0.15) is 0 Å². The molecule has 5 rings (SSSR count). The molecule has 2 saturated heterocycles. The number of nitro groups is 1. The van der Waals surface area contributed by atoms with Crippen molar-refractivity contribution in [3.8, 4) is 5.75 Å². The van der Waals surface area contributed by atoms with Gasteiger partial charge in [-0.3, -0.25) is 10.1 Å². The third kappa shape index (κ3) is 7.15. The molecule has 0 amide bonds. The first-order chi connectivity index (χ1) is 21.3. The first-order valence-corrected chi connectivity index (χ1v) is 17.2. The van der Waals surface area contributed by atoms with Gasteiger partial charge in [-0.1, -0.05) is 81.4 Å². The molecule has 0 aromatic heterocycles. The van der Waals surface area contributed by atoms with E-state index >= 15 is 0 Å². The number of aliphatic hydroxyl groups excluding tert-OH is 1. The van der Waals surface area contributed by atoms with E-state index in [0.717, 1.165) is 10.4 Å². The van der Waals surface area contributed by atoms with Crippen LogP contribution >= 0.6 is 0 Å². The maximum atomic E-state index is 10.9. The van der Waals surface area contributed by atoms with E-state index in [2.05, 4.69) is 45.0 Å². The molecule has 3 aromatic rings. The Labute approximate surface area is 265 Å². The van der Waals surface area contributed by atoms with Gasteiger partial charge in [-0.25, -0.2) is 0 Å². The molecule has 10 nitrogen and oxygen atoms in total. The summed E-state index contributed by atoms with van der Waals surface area (Å²) in [6, 6.07) is 26.3. The van der Waals surface area contributed by atoms with E-state index in [4.69, 9.17) is 28.1 Å². The number of fused-ring (bicyclic) bond motifs is 1. The van der Waals surface area contributed by atoms with Crippen molar-refractivity contribution < 1.29 is 38.1 Å². The summed E-state index contributed by atoms with van der Waals surface area (Å²) in [6.45, 7) is 12.1. The predicted molar refractivity (Wildman–Crippen MR) is 171 cm³/mol. The van der Waals surface area contributed by atoms with E-state index in [-0.39, 0.29) is 30.0 Å². The lowest BCUT2D eigenvalue weighted by Crippen LogP contribution is -2.71. The third-order valence-electron chi connectivity index (χ3n) is 8.24. The summed E-state index contributed by atoms with van der Waals surface area (Å²) in [5, 5.41) is 23.7. The normalized spacial score (nSPS) is 25.4. The van der Waals surface area contributed by atoms with Gasteiger partial charge in [-0.05, 0) is 48.3 Å². The lowest BCUT2D eigenvalue weighted by atomic mass is 10.00. The molecule has 242 valence electrons. The number of hydrogen-bond donors (Lipinski definition) is 1. The summed E-state index contributed by atoms with van der Waals surface area (Å²) in [7, 11) is -3.07. The fourth-order valence-electron chi connectivity index (χ4n) is 6.22. The molecule has 6 atom stereocenters. The molecule has 0 spiro atoms. The average Bonchev–Trinajstić information content (AvgIpc) is 3.35. The molecule has 1 unspecified atom stereocenters. The lowest BCUT2D eigenvalue weighted by molar-refractivity contribution is -0.384. The first kappa shape index (κ1) is 33.2. The minimum atomic E-state index is -3.07. The van der Waals surface area contributed by atoms with Gasteiger partial charge in [0.05, 0.1) is 17.6 Å². The van der Waals surface area contributed by atoms with Crippen LogP contribution in [-0.2, 0) is 23.4 Å². The molecule has 1 N–H and O–H groups in total. The Kier molecular flexibility index (Phi) is 9.81. The molecule has 0 saturated carbocycles. The van der Waals surface area contributed by atoms with Crippen LogP contribution in [0.1, 0.15) is 41.5 Å². The van der Waals surface area contributed by atoms with Crippen molar-refractivity contribution in [3.63, 3.8) is 0 Å². The van der Waals surface area contributed by atoms with Crippen LogP contribution in [0.4, 0.5) is 5.69 Å². The molecule has 0 radical (unpaired) electrons. The highest BCUT2D eigenvalue weighted by Gasteiger charge is 2.60. The molecule has 2 heterocycles. The van der Waals surface area contributed by atoms with E-state index in [1.807, 2.05) is 57.2 Å². The maximum Gasteiger partial charge on any atom is 0.269 e. The summed E-state index contributed by atoms with van der Waals surface area (Å²) < 4.78 is 38.7. The van der Waals surface area contributed by atoms with Gasteiger partial charge in [0.1, 0.15) is 36.8 Å². The average molecular weight is 638 g/mol. The minimum Gasteiger partial charge on any atom is -0.491 e. The van der Waals surface area contributed by atoms with Crippen molar-refractivity contribution in [2.75, 3.05) is 13.2 Å². The number of rotatable bonds is 11. The molecular formula is C34H43NO9Si. The van der Waals surface area contributed by atoms with Gasteiger partial charge in [0.2, 0.25) is 0 Å². The van der Waals surface area contributed by atoms with Gasteiger partial charge in [0.15, 0.2) is 12.1 Å². The Balaban J connectivity index is 1.43. The highest BCUT2D eigenvalue weighted by atomic mass is 28.4. The SMILES string of the molecule is C[C@@H]1O[C@@H](OCC(O)COc2ccc([N+](=O)[O-])cc2)[C@@H](O[Si](c2ccccc2)(c2ccccc2)C(C)(C)C)[C@@H]2OC(C)(C)O[C@@H]21. The molecule has 2 aliphatic heterocycles. The van der Waals surface area contributed by atoms with E-state index in [9.17, 15) is 15.2 Å². The zero-order valence-corrected chi connectivity index (χ0v) is 27.6. The second-order valence-electron chi connectivity index (χ2n) is 13.1. The first-order valence-electron chi connectivity index (χ1n) is 15.3. The monoisotopic (exact) mass is 637 g/mol. The Hall–Kier alpha value is -3.16. The van der Waals surface area contributed by atoms with Crippen molar-refractivity contribution in [3.05, 3.63) is 95.0 Å². The molecule has 11 heteroatoms. The van der Waals surface area contributed by atoms with Crippen LogP contribution in [0.3, 0.4) is 0 Å². The van der Waals surface area contributed by atoms with Gasteiger partial charge < -0.3 is 33.2 Å². The quantitative estimate of drug-likeness (QED) is 0.183. The fraction of sp³-hybridized carbons (Fsp3) is 0.471. The minimum absolute atomic E-state index is 0.0404. The van der Waals surface area contributed by atoms with Crippen LogP contribution in [0.25, 0.3) is 0 Å². The highest BCUT2D eigenvalue weighted by Crippen LogP contribution is 2.43. The largest absolute Gasteiger partial charge is 0.491 e. The molecule has 45 heavy (non-hydrogen) atoms. The molecule has 0 bridgehead atoms. The summed E-state index contributed by atoms with van der Waals surface area (Å²) in [5.41, 5.74) is -0.0404. The predicted octanol–water partition coefficient (Wildman–Crippen LogP) is 4.56. The van der Waals surface area contributed by atoms with E-state index < -0.39 is 49.7 Å². The van der Waals surface area contributed by atoms with Gasteiger partial charge in [-0.15, -0.1) is 0 Å². The third-order valence-corrected chi connectivity index (χ3v) is 13.3. The van der Waals surface area contributed by atoms with Gasteiger partial charge >= 0.3 is 0 Å². The van der Waals surface area contributed by atoms with Crippen molar-refractivity contribution in [1.29, 1.82) is 0 Å². The number of ether oxygens (including phenoxy) is 5. The van der Waals surface area contributed by atoms with Crippen LogP contribution in [0, 0.1) is 10.1 Å². The Morgan fingerprint density at radius 2 is 1.47 bits per heavy atom. The maximum absolute atomic E-state index is 10.9. The smallest absolute Gasteiger partial charge is 0.269 e. The Morgan fingerprint density at radius 3 is 2.00 bits per heavy atom. The number of nitrogens with zero attached hydrogens (tertiary/aromatic N) is 1. The topological polar surface area (TPSA) is 119 Å². The molecule has 2 aliphatic rings. The van der Waals surface area contributed by atoms with Crippen molar-refractivity contribution in [2.45, 2.75) is 89.2 Å². The standard InChI is InChI=1S/C34H43NO9Si/c1-23-29-30(43-34(5,6)42-29)31(32(41-23)40-22-25(36)21-39-26-19-17-24(18-20-26)35(37)38)44-45(33(2,3)4,27-13-9-7-10-14-27)28-15-11-8-12-16-28/h7-20,23,25,29-32,36H,21-22H2,1-6H3/t23-,25?,29+,30+,31-,32+/m0/s1. The van der Waals surface area contributed by atoms with Crippen LogP contribution in [0.5, 0.6) is 5.75 Å². The van der Waals surface area contributed by atoms with Crippen LogP contribution in [0.15, 0.2) is 84.9 Å². The molecule has 2 fully saturated rings. The summed E-state index contributed by atoms with van der Waals surface area (Å²) in [4.78, 5) is 10.5. The van der Waals surface area contributed by atoms with E-state index in [0.29, 0.717) is 5.75 Å². The number of benzene rings is 3. The highest BCUT2D eigenvalue weighted by molar-refractivity contribution is 6.99. The number of nitro benzene ring substituents is 1. The Morgan fingerprint density at radius 1 is 0.911 bits per heavy atom. The summed E-state index contributed by atoms with van der Waals surface area (Å²) in [6.07, 6.45) is -3.84. The Bertz CT molecular complexity index is 1380. The summed E-state index contributed by atoms with van der Waals surface area (Å²) >= 11 is 0. The van der Waals surface area contributed by atoms with Crippen molar-refractivity contribution in [2.24, 2.45) is 0 Å². The second kappa shape index (κ2) is 13.3. The van der Waals surface area contributed by atoms with Gasteiger partial charge in [0, 0.05) is 12.1 Å². The number of non-ortho nitro benzene ring substituents is 1. The molecule has 3 aromatic carbocycles. The fourth-order valence-corrected chi connectivity index (χ4v) is 10.9. The van der Waals surface area contributed by atoms with E-state index in [1.54, 1.807) is 0 Å². The number of aliphatic hydroxyl groups is 1. The second-order valence-corrected chi connectivity index (χ2v) is 17.3. The zero-order chi connectivity index (χ0) is 32.4. The van der Waals surface area contributed by atoms with Crippen LogP contribution in [0.2, 0.25) is 5.04 Å². The molecular weight excluding hydrogens is 594 g/mol. The van der Waals surface area contributed by atoms with E-state index in [1.165, 1.54) is 24.3 Å². The molecule has 0 aliphatic carbocycles. The number of hydrogen-bond acceptors (Lipinski definition) is 9. The van der Waals surface area contributed by atoms with Crippen molar-refractivity contribution in [1.82, 2.24) is 0 Å². The summed E-state index contributed by atoms with van der Waals surface area (Å²) in [5.74, 6) is -0.454. The van der Waals surface area contributed by atoms with Crippen molar-refractivity contribution >= 4 is 24.4 Å². The lowest BCUT2D eigenvalue weighted by Gasteiger charge is -2.49.